The molecule has 1 aromatic heterocycles. The van der Waals surface area contributed by atoms with Gasteiger partial charge < -0.3 is 5.32 Å². The molecule has 1 aromatic rings. The lowest BCUT2D eigenvalue weighted by Gasteiger charge is -2.18. The van der Waals surface area contributed by atoms with E-state index in [1.54, 1.807) is 6.20 Å². The van der Waals surface area contributed by atoms with Gasteiger partial charge in [-0.1, -0.05) is 25.1 Å². The van der Waals surface area contributed by atoms with E-state index in [1.165, 1.54) is 5.56 Å². The molecule has 0 saturated carbocycles. The minimum absolute atomic E-state index is 0.517. The average Bonchev–Trinajstić information content (AvgIpc) is 2.31. The topological polar surface area (TPSA) is 24.9 Å². The molecule has 0 aliphatic rings. The summed E-state index contributed by atoms with van der Waals surface area (Å²) < 4.78 is 0. The molecular formula is C13H20N2. The molecule has 15 heavy (non-hydrogen) atoms. The first-order chi connectivity index (χ1) is 7.27. The predicted octanol–water partition coefficient (Wildman–Crippen LogP) is 2.73. The van der Waals surface area contributed by atoms with Crippen molar-refractivity contribution in [2.75, 3.05) is 7.05 Å². The second-order valence-electron chi connectivity index (χ2n) is 3.79. The maximum Gasteiger partial charge on any atom is 0.0340 e. The highest BCUT2D eigenvalue weighted by atomic mass is 14.9. The number of hydrogen-bond acceptors (Lipinski definition) is 2. The summed E-state index contributed by atoms with van der Waals surface area (Å²) in [5.74, 6) is 0.579. The molecule has 0 aromatic carbocycles. The van der Waals surface area contributed by atoms with Gasteiger partial charge in [-0.3, -0.25) is 4.98 Å². The van der Waals surface area contributed by atoms with Crippen LogP contribution in [0.25, 0.3) is 6.08 Å². The van der Waals surface area contributed by atoms with Crippen LogP contribution >= 0.6 is 0 Å². The SMILES string of the molecule is CCC(/C=C\c1cccnc1)C(C)NC. The first-order valence-corrected chi connectivity index (χ1v) is 5.53. The molecule has 0 fully saturated rings. The highest BCUT2D eigenvalue weighted by molar-refractivity contribution is 5.47. The first-order valence-electron chi connectivity index (χ1n) is 5.53. The molecule has 1 rings (SSSR count). The van der Waals surface area contributed by atoms with Gasteiger partial charge in [-0.25, -0.2) is 0 Å². The van der Waals surface area contributed by atoms with Crippen molar-refractivity contribution in [3.8, 4) is 0 Å². The zero-order valence-electron chi connectivity index (χ0n) is 9.77. The van der Waals surface area contributed by atoms with Gasteiger partial charge in [0.2, 0.25) is 0 Å². The van der Waals surface area contributed by atoms with Crippen molar-refractivity contribution in [1.82, 2.24) is 10.3 Å². The summed E-state index contributed by atoms with van der Waals surface area (Å²) in [6, 6.07) is 4.55. The van der Waals surface area contributed by atoms with Crippen molar-refractivity contribution in [3.05, 3.63) is 36.2 Å². The van der Waals surface area contributed by atoms with Crippen molar-refractivity contribution >= 4 is 6.08 Å². The summed E-state index contributed by atoms with van der Waals surface area (Å²) in [6.07, 6.45) is 9.24. The van der Waals surface area contributed by atoms with Crippen LogP contribution < -0.4 is 5.32 Å². The summed E-state index contributed by atoms with van der Waals surface area (Å²) in [5.41, 5.74) is 1.17. The number of aromatic nitrogens is 1. The maximum atomic E-state index is 4.09. The Kier molecular flexibility index (Phi) is 5.05. The van der Waals surface area contributed by atoms with E-state index < -0.39 is 0 Å². The minimum Gasteiger partial charge on any atom is -0.317 e. The molecule has 0 radical (unpaired) electrons. The van der Waals surface area contributed by atoms with E-state index in [-0.39, 0.29) is 0 Å². The minimum atomic E-state index is 0.517. The quantitative estimate of drug-likeness (QED) is 0.797. The highest BCUT2D eigenvalue weighted by Gasteiger charge is 2.09. The zero-order chi connectivity index (χ0) is 11.1. The molecule has 0 spiro atoms. The van der Waals surface area contributed by atoms with Gasteiger partial charge in [-0.2, -0.15) is 0 Å². The molecular weight excluding hydrogens is 184 g/mol. The van der Waals surface area contributed by atoms with E-state index in [4.69, 9.17) is 0 Å². The standard InChI is InChI=1S/C13H20N2/c1-4-13(11(2)14-3)8-7-12-6-5-9-15-10-12/h5-11,13-14H,4H2,1-3H3/b8-7-. The number of nitrogens with zero attached hydrogens (tertiary/aromatic N) is 1. The molecule has 82 valence electrons. The lowest BCUT2D eigenvalue weighted by Crippen LogP contribution is -2.28. The predicted molar refractivity (Wildman–Crippen MR) is 65.6 cm³/mol. The number of pyridine rings is 1. The number of hydrogen-bond donors (Lipinski definition) is 1. The van der Waals surface area contributed by atoms with Gasteiger partial charge in [0.05, 0.1) is 0 Å². The fourth-order valence-electron chi connectivity index (χ4n) is 1.58. The molecule has 1 heterocycles. The van der Waals surface area contributed by atoms with Gasteiger partial charge in [0, 0.05) is 18.4 Å². The van der Waals surface area contributed by atoms with Crippen molar-refractivity contribution < 1.29 is 0 Å². The third kappa shape index (κ3) is 3.84. The van der Waals surface area contributed by atoms with Crippen molar-refractivity contribution in [2.24, 2.45) is 5.92 Å². The lowest BCUT2D eigenvalue weighted by molar-refractivity contribution is 0.457. The monoisotopic (exact) mass is 204 g/mol. The first kappa shape index (κ1) is 11.9. The summed E-state index contributed by atoms with van der Waals surface area (Å²) >= 11 is 0. The summed E-state index contributed by atoms with van der Waals surface area (Å²) in [5, 5.41) is 3.29. The van der Waals surface area contributed by atoms with E-state index in [0.717, 1.165) is 6.42 Å². The summed E-state index contributed by atoms with van der Waals surface area (Å²) in [4.78, 5) is 4.09. The zero-order valence-corrected chi connectivity index (χ0v) is 9.77. The molecule has 0 saturated heterocycles. The Hall–Kier alpha value is -1.15. The third-order valence-electron chi connectivity index (χ3n) is 2.79. The van der Waals surface area contributed by atoms with Crippen LogP contribution in [0.15, 0.2) is 30.6 Å². The third-order valence-corrected chi connectivity index (χ3v) is 2.79. The van der Waals surface area contributed by atoms with Crippen molar-refractivity contribution in [1.29, 1.82) is 0 Å². The Labute approximate surface area is 92.4 Å². The second-order valence-corrected chi connectivity index (χ2v) is 3.79. The Morgan fingerprint density at radius 1 is 1.53 bits per heavy atom. The normalized spacial score (nSPS) is 15.4. The van der Waals surface area contributed by atoms with Crippen LogP contribution in [0.3, 0.4) is 0 Å². The summed E-state index contributed by atoms with van der Waals surface area (Å²) in [7, 11) is 2.01. The molecule has 2 nitrogen and oxygen atoms in total. The lowest BCUT2D eigenvalue weighted by atomic mass is 9.97. The number of nitrogens with one attached hydrogen (secondary N) is 1. The van der Waals surface area contributed by atoms with Crippen LogP contribution in [0.5, 0.6) is 0 Å². The van der Waals surface area contributed by atoms with Gasteiger partial charge in [0.25, 0.3) is 0 Å². The Bertz CT molecular complexity index is 293. The van der Waals surface area contributed by atoms with Gasteiger partial charge in [-0.05, 0) is 37.9 Å². The maximum absolute atomic E-state index is 4.09. The van der Waals surface area contributed by atoms with Crippen LogP contribution in [0.4, 0.5) is 0 Å². The van der Waals surface area contributed by atoms with E-state index in [1.807, 2.05) is 19.3 Å². The van der Waals surface area contributed by atoms with Gasteiger partial charge in [0.15, 0.2) is 0 Å². The molecule has 2 unspecified atom stereocenters. The molecule has 0 amide bonds. The van der Waals surface area contributed by atoms with Gasteiger partial charge >= 0.3 is 0 Å². The highest BCUT2D eigenvalue weighted by Crippen LogP contribution is 2.12. The molecule has 0 aliphatic carbocycles. The molecule has 0 bridgehead atoms. The van der Waals surface area contributed by atoms with E-state index in [9.17, 15) is 0 Å². The summed E-state index contributed by atoms with van der Waals surface area (Å²) in [6.45, 7) is 4.42. The Balaban J connectivity index is 2.63. The fourth-order valence-corrected chi connectivity index (χ4v) is 1.58. The van der Waals surface area contributed by atoms with E-state index >= 15 is 0 Å². The van der Waals surface area contributed by atoms with Crippen LogP contribution in [0.2, 0.25) is 0 Å². The largest absolute Gasteiger partial charge is 0.317 e. The smallest absolute Gasteiger partial charge is 0.0340 e. The molecule has 0 aliphatic heterocycles. The Morgan fingerprint density at radius 2 is 2.33 bits per heavy atom. The molecule has 1 N–H and O–H groups in total. The van der Waals surface area contributed by atoms with E-state index in [2.05, 4.69) is 42.4 Å². The fraction of sp³-hybridized carbons (Fsp3) is 0.462. The van der Waals surface area contributed by atoms with Crippen LogP contribution in [0.1, 0.15) is 25.8 Å². The number of rotatable bonds is 5. The van der Waals surface area contributed by atoms with Gasteiger partial charge in [0.1, 0.15) is 0 Å². The van der Waals surface area contributed by atoms with Crippen LogP contribution in [0, 0.1) is 5.92 Å². The molecule has 2 heteroatoms. The van der Waals surface area contributed by atoms with E-state index in [0.29, 0.717) is 12.0 Å². The average molecular weight is 204 g/mol. The van der Waals surface area contributed by atoms with Crippen LogP contribution in [-0.4, -0.2) is 18.1 Å². The molecule has 2 atom stereocenters. The second kappa shape index (κ2) is 6.36. The van der Waals surface area contributed by atoms with Crippen molar-refractivity contribution in [2.45, 2.75) is 26.3 Å². The van der Waals surface area contributed by atoms with Gasteiger partial charge in [-0.15, -0.1) is 0 Å². The van der Waals surface area contributed by atoms with Crippen LogP contribution in [-0.2, 0) is 0 Å². The van der Waals surface area contributed by atoms with Crippen molar-refractivity contribution in [3.63, 3.8) is 0 Å². The Morgan fingerprint density at radius 3 is 2.87 bits per heavy atom.